The van der Waals surface area contributed by atoms with Gasteiger partial charge in [-0.25, -0.2) is 0 Å². The molecule has 0 aromatic carbocycles. The van der Waals surface area contributed by atoms with Crippen LogP contribution in [0.15, 0.2) is 0 Å². The number of hydrogen-bond acceptors (Lipinski definition) is 0. The Labute approximate surface area is 66.9 Å². The Morgan fingerprint density at radius 3 is 2.00 bits per heavy atom. The summed E-state index contributed by atoms with van der Waals surface area (Å²) in [5.41, 5.74) is 0. The molecule has 0 N–H and O–H groups in total. The standard InChI is InChI=1S/C4H9Br.Mg.2H/c1-3-4(2)5;;;/h4H,3H2,1-2H3;;;/q;+2;2*-1. The number of halogens is 1. The normalized spacial score (nSPS) is 12.5. The van der Waals surface area contributed by atoms with Crippen molar-refractivity contribution in [2.45, 2.75) is 25.1 Å². The SMILES string of the molecule is CCC(C)Br.[H-].[H-].[Mg+2]. The summed E-state index contributed by atoms with van der Waals surface area (Å²) in [4.78, 5) is 0.697. The molecule has 0 saturated carbocycles. The van der Waals surface area contributed by atoms with Crippen LogP contribution < -0.4 is 0 Å². The fraction of sp³-hybridized carbons (Fsp3) is 1.00. The first-order valence-electron chi connectivity index (χ1n) is 1.91. The van der Waals surface area contributed by atoms with Crippen LogP contribution in [0, 0.1) is 0 Å². The van der Waals surface area contributed by atoms with Gasteiger partial charge in [0.15, 0.2) is 0 Å². The van der Waals surface area contributed by atoms with Gasteiger partial charge in [0.25, 0.3) is 0 Å². The van der Waals surface area contributed by atoms with Crippen LogP contribution in [-0.4, -0.2) is 27.9 Å². The van der Waals surface area contributed by atoms with Gasteiger partial charge in [0.1, 0.15) is 0 Å². The molecule has 0 radical (unpaired) electrons. The van der Waals surface area contributed by atoms with E-state index in [4.69, 9.17) is 0 Å². The quantitative estimate of drug-likeness (QED) is 0.410. The smallest absolute Gasteiger partial charge is 1.00 e. The van der Waals surface area contributed by atoms with Crippen LogP contribution in [0.5, 0.6) is 0 Å². The molecule has 0 aliphatic carbocycles. The van der Waals surface area contributed by atoms with E-state index >= 15 is 0 Å². The Morgan fingerprint density at radius 1 is 1.83 bits per heavy atom. The van der Waals surface area contributed by atoms with Crippen LogP contribution in [0.25, 0.3) is 0 Å². The Kier molecular flexibility index (Phi) is 10.7. The Morgan fingerprint density at radius 2 is 2.00 bits per heavy atom. The predicted octanol–water partition coefficient (Wildman–Crippen LogP) is 2.02. The molecule has 0 saturated heterocycles. The van der Waals surface area contributed by atoms with Gasteiger partial charge < -0.3 is 2.85 Å². The molecule has 0 fully saturated rings. The molecule has 0 aromatic rings. The van der Waals surface area contributed by atoms with Gasteiger partial charge in [-0.15, -0.1) is 0 Å². The van der Waals surface area contributed by atoms with E-state index in [2.05, 4.69) is 29.8 Å². The number of rotatable bonds is 1. The van der Waals surface area contributed by atoms with E-state index in [1.807, 2.05) is 0 Å². The van der Waals surface area contributed by atoms with Crippen LogP contribution in [-0.2, 0) is 0 Å². The maximum absolute atomic E-state index is 3.37. The first-order chi connectivity index (χ1) is 2.27. The summed E-state index contributed by atoms with van der Waals surface area (Å²) in [5, 5.41) is 0. The molecule has 1 atom stereocenters. The molecule has 2 heteroatoms. The van der Waals surface area contributed by atoms with Crippen molar-refractivity contribution in [3.05, 3.63) is 0 Å². The van der Waals surface area contributed by atoms with Crippen LogP contribution in [0.2, 0.25) is 0 Å². The van der Waals surface area contributed by atoms with Crippen molar-refractivity contribution in [2.75, 3.05) is 0 Å². The zero-order valence-electron chi connectivity index (χ0n) is 6.37. The largest absolute Gasteiger partial charge is 2.00 e. The molecule has 0 bridgehead atoms. The van der Waals surface area contributed by atoms with Crippen molar-refractivity contribution in [2.24, 2.45) is 0 Å². The van der Waals surface area contributed by atoms with E-state index in [9.17, 15) is 0 Å². The Hall–Kier alpha value is 1.25. The molecular weight excluding hydrogens is 152 g/mol. The molecule has 0 spiro atoms. The van der Waals surface area contributed by atoms with E-state index in [0.717, 1.165) is 0 Å². The van der Waals surface area contributed by atoms with Crippen molar-refractivity contribution in [1.82, 2.24) is 0 Å². The second kappa shape index (κ2) is 6.25. The summed E-state index contributed by atoms with van der Waals surface area (Å²) in [7, 11) is 0. The van der Waals surface area contributed by atoms with Crippen LogP contribution in [0.4, 0.5) is 0 Å². The van der Waals surface area contributed by atoms with Gasteiger partial charge in [0.2, 0.25) is 0 Å². The average molecular weight is 163 g/mol. The van der Waals surface area contributed by atoms with Gasteiger partial charge >= 0.3 is 23.1 Å². The summed E-state index contributed by atoms with van der Waals surface area (Å²) in [6, 6.07) is 0. The van der Waals surface area contributed by atoms with Gasteiger partial charge in [-0.1, -0.05) is 29.8 Å². The molecule has 0 aliphatic rings. The van der Waals surface area contributed by atoms with E-state index in [1.165, 1.54) is 6.42 Å². The van der Waals surface area contributed by atoms with Crippen LogP contribution >= 0.6 is 15.9 Å². The molecule has 0 nitrogen and oxygen atoms in total. The third-order valence-electron chi connectivity index (χ3n) is 0.563. The fourth-order valence-corrected chi connectivity index (χ4v) is 0. The predicted molar refractivity (Wildman–Crippen MR) is 36.7 cm³/mol. The molecule has 0 aliphatic heterocycles. The summed E-state index contributed by atoms with van der Waals surface area (Å²) < 4.78 is 0. The minimum absolute atomic E-state index is 0. The molecule has 0 rings (SSSR count). The number of hydrogen-bond donors (Lipinski definition) is 0. The molecule has 1 unspecified atom stereocenters. The van der Waals surface area contributed by atoms with Crippen LogP contribution in [0.3, 0.4) is 0 Å². The fourth-order valence-electron chi connectivity index (χ4n) is 0. The molecule has 36 valence electrons. The summed E-state index contributed by atoms with van der Waals surface area (Å²) in [6.07, 6.45) is 1.22. The summed E-state index contributed by atoms with van der Waals surface area (Å²) in [5.74, 6) is 0. The molecule has 0 amide bonds. The minimum Gasteiger partial charge on any atom is -1.00 e. The third-order valence-corrected chi connectivity index (χ3v) is 1.21. The van der Waals surface area contributed by atoms with Crippen molar-refractivity contribution in [1.29, 1.82) is 0 Å². The zero-order chi connectivity index (χ0) is 4.28. The maximum atomic E-state index is 3.37. The van der Waals surface area contributed by atoms with Gasteiger partial charge in [0, 0.05) is 4.83 Å². The van der Waals surface area contributed by atoms with Crippen molar-refractivity contribution in [3.8, 4) is 0 Å². The second-order valence-corrected chi connectivity index (χ2v) is 2.75. The van der Waals surface area contributed by atoms with Crippen molar-refractivity contribution >= 4 is 39.0 Å². The minimum atomic E-state index is 0. The van der Waals surface area contributed by atoms with Crippen molar-refractivity contribution < 1.29 is 2.85 Å². The van der Waals surface area contributed by atoms with Gasteiger partial charge in [-0.3, -0.25) is 0 Å². The first kappa shape index (κ1) is 10.3. The molecular formula is C4H11BrMg. The monoisotopic (exact) mass is 162 g/mol. The zero-order valence-corrected chi connectivity index (χ0v) is 7.37. The average Bonchev–Trinajstić information content (AvgIpc) is 1.38. The first-order valence-corrected chi connectivity index (χ1v) is 2.83. The van der Waals surface area contributed by atoms with E-state index in [0.29, 0.717) is 4.83 Å². The van der Waals surface area contributed by atoms with E-state index < -0.39 is 0 Å². The van der Waals surface area contributed by atoms with Crippen molar-refractivity contribution in [3.63, 3.8) is 0 Å². The Bertz CT molecular complexity index is 28.0. The third kappa shape index (κ3) is 8.98. The second-order valence-electron chi connectivity index (χ2n) is 1.19. The summed E-state index contributed by atoms with van der Waals surface area (Å²) in [6.45, 7) is 4.29. The Balaban J connectivity index is -0.0000000267. The molecule has 0 aromatic heterocycles. The van der Waals surface area contributed by atoms with Gasteiger partial charge in [-0.2, -0.15) is 0 Å². The molecule has 6 heavy (non-hydrogen) atoms. The van der Waals surface area contributed by atoms with Gasteiger partial charge in [0.05, 0.1) is 0 Å². The summed E-state index contributed by atoms with van der Waals surface area (Å²) >= 11 is 3.37. The van der Waals surface area contributed by atoms with E-state index in [-0.39, 0.29) is 25.9 Å². The van der Waals surface area contributed by atoms with E-state index in [1.54, 1.807) is 0 Å². The maximum Gasteiger partial charge on any atom is 2.00 e. The van der Waals surface area contributed by atoms with Crippen LogP contribution in [0.1, 0.15) is 23.1 Å². The topological polar surface area (TPSA) is 0 Å². The van der Waals surface area contributed by atoms with Gasteiger partial charge in [-0.05, 0) is 6.42 Å². The number of alkyl halides is 1. The molecule has 0 heterocycles.